The van der Waals surface area contributed by atoms with Crippen molar-refractivity contribution >= 4 is 77.0 Å². The van der Waals surface area contributed by atoms with Crippen LogP contribution in [0.25, 0.3) is 76.7 Å². The molecular weight excluding hydrogens is 619 g/mol. The van der Waals surface area contributed by atoms with E-state index in [1.807, 2.05) is 0 Å². The number of anilines is 3. The van der Waals surface area contributed by atoms with Crippen molar-refractivity contribution in [2.75, 3.05) is 4.90 Å². The monoisotopic (exact) mass is 649 g/mol. The molecule has 0 bridgehead atoms. The van der Waals surface area contributed by atoms with Crippen molar-refractivity contribution in [3.63, 3.8) is 0 Å². The first-order valence-corrected chi connectivity index (χ1v) is 17.5. The van der Waals surface area contributed by atoms with E-state index < -0.39 is 0 Å². The Hall–Kier alpha value is -6.84. The molecule has 0 N–H and O–H groups in total. The molecule has 0 saturated heterocycles. The molecule has 3 aromatic heterocycles. The molecule has 11 aromatic rings. The summed E-state index contributed by atoms with van der Waals surface area (Å²) >= 11 is 0. The molecular formula is C48H31N3. The van der Waals surface area contributed by atoms with Crippen molar-refractivity contribution in [2.24, 2.45) is 0 Å². The number of nitrogens with zero attached hydrogens (tertiary/aromatic N) is 3. The molecule has 0 saturated carbocycles. The fourth-order valence-electron chi connectivity index (χ4n) is 8.39. The maximum absolute atomic E-state index is 2.46. The number of rotatable bonds is 5. The highest BCUT2D eigenvalue weighted by atomic mass is 15.1. The van der Waals surface area contributed by atoms with E-state index in [1.54, 1.807) is 0 Å². The van der Waals surface area contributed by atoms with Gasteiger partial charge in [-0.25, -0.2) is 0 Å². The van der Waals surface area contributed by atoms with Crippen molar-refractivity contribution < 1.29 is 0 Å². The number of fused-ring (bicyclic) bond motifs is 9. The van der Waals surface area contributed by atoms with Gasteiger partial charge in [-0.1, -0.05) is 127 Å². The first-order chi connectivity index (χ1) is 25.3. The smallest absolute Gasteiger partial charge is 0.0620 e. The number of hydrogen-bond acceptors (Lipinski definition) is 1. The lowest BCUT2D eigenvalue weighted by Gasteiger charge is -2.26. The van der Waals surface area contributed by atoms with E-state index >= 15 is 0 Å². The summed E-state index contributed by atoms with van der Waals surface area (Å²) in [5.74, 6) is 0. The number of aromatic nitrogens is 2. The molecule has 0 atom stereocenters. The molecule has 238 valence electrons. The molecule has 11 rings (SSSR count). The zero-order chi connectivity index (χ0) is 33.5. The Labute approximate surface area is 294 Å². The summed E-state index contributed by atoms with van der Waals surface area (Å²) in [6.45, 7) is 0. The van der Waals surface area contributed by atoms with Gasteiger partial charge in [0.25, 0.3) is 0 Å². The largest absolute Gasteiger partial charge is 0.310 e. The molecule has 0 spiro atoms. The van der Waals surface area contributed by atoms with Crippen molar-refractivity contribution in [2.45, 2.75) is 0 Å². The van der Waals surface area contributed by atoms with Gasteiger partial charge in [0.05, 0.1) is 27.6 Å². The Morgan fingerprint density at radius 2 is 0.804 bits per heavy atom. The quantitative estimate of drug-likeness (QED) is 0.181. The molecule has 0 fully saturated rings. The van der Waals surface area contributed by atoms with Crippen LogP contribution in [-0.2, 0) is 0 Å². The van der Waals surface area contributed by atoms with E-state index in [-0.39, 0.29) is 0 Å². The standard InChI is InChI=1S/C48H31N3/c1-3-12-32(13-4-1)33-22-24-35(25-23-33)49(36-26-28-40-38-16-7-9-20-44(38)50(46(40)30-36)34-14-5-2-6-15-34)37-27-29-41-43-19-11-18-42-39-17-8-10-21-45(39)51(48(42)43)47(41)31-37/h1-31H. The zero-order valence-electron chi connectivity index (χ0n) is 27.7. The first-order valence-electron chi connectivity index (χ1n) is 17.5. The summed E-state index contributed by atoms with van der Waals surface area (Å²) in [6.07, 6.45) is 0. The van der Waals surface area contributed by atoms with Crippen LogP contribution in [0, 0.1) is 0 Å². The topological polar surface area (TPSA) is 12.6 Å². The van der Waals surface area contributed by atoms with Gasteiger partial charge in [-0.2, -0.15) is 0 Å². The predicted molar refractivity (Wildman–Crippen MR) is 216 cm³/mol. The molecule has 0 aliphatic heterocycles. The summed E-state index contributed by atoms with van der Waals surface area (Å²) in [4.78, 5) is 2.41. The molecule has 51 heavy (non-hydrogen) atoms. The van der Waals surface area contributed by atoms with E-state index in [0.29, 0.717) is 0 Å². The molecule has 8 aromatic carbocycles. The lowest BCUT2D eigenvalue weighted by molar-refractivity contribution is 1.18. The van der Waals surface area contributed by atoms with Gasteiger partial charge in [0.15, 0.2) is 0 Å². The fraction of sp³-hybridized carbons (Fsp3) is 0. The SMILES string of the molecule is c1ccc(-c2ccc(N(c3ccc4c5ccccc5n(-c5ccccc5)c4c3)c3ccc4c5cccc6c7ccccc7n(c4c3)c65)cc2)cc1. The van der Waals surface area contributed by atoms with Gasteiger partial charge >= 0.3 is 0 Å². The zero-order valence-corrected chi connectivity index (χ0v) is 27.7. The molecule has 3 heteroatoms. The van der Waals surface area contributed by atoms with Crippen LogP contribution in [0.1, 0.15) is 0 Å². The van der Waals surface area contributed by atoms with Crippen LogP contribution >= 0.6 is 0 Å². The van der Waals surface area contributed by atoms with Gasteiger partial charge in [-0.3, -0.25) is 0 Å². The minimum Gasteiger partial charge on any atom is -0.310 e. The third-order valence-electron chi connectivity index (χ3n) is 10.6. The Balaban J connectivity index is 1.18. The summed E-state index contributed by atoms with van der Waals surface area (Å²) < 4.78 is 4.86. The van der Waals surface area contributed by atoms with Gasteiger partial charge in [0.1, 0.15) is 0 Å². The van der Waals surface area contributed by atoms with E-state index in [4.69, 9.17) is 0 Å². The molecule has 0 amide bonds. The van der Waals surface area contributed by atoms with E-state index in [1.165, 1.54) is 71.0 Å². The summed E-state index contributed by atoms with van der Waals surface area (Å²) in [6, 6.07) is 68.4. The number of benzene rings is 8. The van der Waals surface area contributed by atoms with Crippen molar-refractivity contribution in [1.82, 2.24) is 8.97 Å². The first kappa shape index (κ1) is 28.0. The second-order valence-corrected chi connectivity index (χ2v) is 13.4. The van der Waals surface area contributed by atoms with Gasteiger partial charge in [0, 0.05) is 55.1 Å². The van der Waals surface area contributed by atoms with Crippen LogP contribution in [0.3, 0.4) is 0 Å². The third kappa shape index (κ3) is 4.12. The molecule has 0 aliphatic rings. The Kier molecular flexibility index (Phi) is 5.96. The van der Waals surface area contributed by atoms with Crippen LogP contribution in [0.15, 0.2) is 188 Å². The lowest BCUT2D eigenvalue weighted by atomic mass is 10.0. The van der Waals surface area contributed by atoms with Gasteiger partial charge in [-0.15, -0.1) is 0 Å². The van der Waals surface area contributed by atoms with Gasteiger partial charge in [0.2, 0.25) is 0 Å². The minimum atomic E-state index is 1.10. The number of para-hydroxylation sites is 4. The molecule has 3 nitrogen and oxygen atoms in total. The minimum absolute atomic E-state index is 1.10. The average molecular weight is 650 g/mol. The molecule has 0 radical (unpaired) electrons. The highest BCUT2D eigenvalue weighted by Gasteiger charge is 2.21. The van der Waals surface area contributed by atoms with Crippen LogP contribution < -0.4 is 4.90 Å². The van der Waals surface area contributed by atoms with Crippen LogP contribution in [-0.4, -0.2) is 8.97 Å². The van der Waals surface area contributed by atoms with Crippen LogP contribution in [0.2, 0.25) is 0 Å². The summed E-state index contributed by atoms with van der Waals surface area (Å²) in [5.41, 5.74) is 13.0. The maximum atomic E-state index is 2.46. The predicted octanol–water partition coefficient (Wildman–Crippen LogP) is 13.1. The Morgan fingerprint density at radius 3 is 1.51 bits per heavy atom. The van der Waals surface area contributed by atoms with Gasteiger partial charge < -0.3 is 13.9 Å². The highest BCUT2D eigenvalue weighted by molar-refractivity contribution is 6.23. The second kappa shape index (κ2) is 10.8. The Morgan fingerprint density at radius 1 is 0.314 bits per heavy atom. The van der Waals surface area contributed by atoms with E-state index in [2.05, 4.69) is 202 Å². The van der Waals surface area contributed by atoms with Crippen LogP contribution in [0.5, 0.6) is 0 Å². The van der Waals surface area contributed by atoms with E-state index in [9.17, 15) is 0 Å². The third-order valence-corrected chi connectivity index (χ3v) is 10.6. The molecule has 3 heterocycles. The Bertz CT molecular complexity index is 3060. The highest BCUT2D eigenvalue weighted by Crippen LogP contribution is 2.44. The normalized spacial score (nSPS) is 11.9. The molecule has 0 aliphatic carbocycles. The average Bonchev–Trinajstić information content (AvgIpc) is 3.84. The van der Waals surface area contributed by atoms with E-state index in [0.717, 1.165) is 22.7 Å². The van der Waals surface area contributed by atoms with Gasteiger partial charge in [-0.05, 0) is 71.8 Å². The van der Waals surface area contributed by atoms with Crippen molar-refractivity contribution in [1.29, 1.82) is 0 Å². The van der Waals surface area contributed by atoms with Crippen molar-refractivity contribution in [3.8, 4) is 16.8 Å². The molecule has 0 unspecified atom stereocenters. The summed E-state index contributed by atoms with van der Waals surface area (Å²) in [7, 11) is 0. The maximum Gasteiger partial charge on any atom is 0.0620 e. The summed E-state index contributed by atoms with van der Waals surface area (Å²) in [5, 5.41) is 7.64. The second-order valence-electron chi connectivity index (χ2n) is 13.4. The fourth-order valence-corrected chi connectivity index (χ4v) is 8.39. The number of hydrogen-bond donors (Lipinski definition) is 0. The van der Waals surface area contributed by atoms with Crippen LogP contribution in [0.4, 0.5) is 17.1 Å². The lowest BCUT2D eigenvalue weighted by Crippen LogP contribution is -2.10. The van der Waals surface area contributed by atoms with Crippen molar-refractivity contribution in [3.05, 3.63) is 188 Å².